The molecule has 0 saturated heterocycles. The Hall–Kier alpha value is -3.55. The second-order valence-corrected chi connectivity index (χ2v) is 10.6. The van der Waals surface area contributed by atoms with Gasteiger partial charge in [-0.3, -0.25) is 9.59 Å². The summed E-state index contributed by atoms with van der Waals surface area (Å²) in [6.07, 6.45) is -0.349. The van der Waals surface area contributed by atoms with Crippen LogP contribution in [0.5, 0.6) is 5.75 Å². The van der Waals surface area contributed by atoms with Crippen LogP contribution in [0.2, 0.25) is 0 Å². The molecule has 0 spiro atoms. The fraction of sp³-hybridized carbons (Fsp3) is 0.483. The van der Waals surface area contributed by atoms with Crippen molar-refractivity contribution >= 4 is 17.9 Å². The van der Waals surface area contributed by atoms with E-state index in [9.17, 15) is 19.5 Å². The van der Waals surface area contributed by atoms with Crippen molar-refractivity contribution in [2.24, 2.45) is 5.92 Å². The number of aromatic hydroxyl groups is 1. The Morgan fingerprint density at radius 1 is 1.03 bits per heavy atom. The summed E-state index contributed by atoms with van der Waals surface area (Å²) < 4.78 is 5.39. The molecule has 0 radical (unpaired) electrons. The molecule has 0 bridgehead atoms. The molecule has 0 aliphatic carbocycles. The topological polar surface area (TPSA) is 108 Å². The predicted octanol–water partition coefficient (Wildman–Crippen LogP) is 4.85. The van der Waals surface area contributed by atoms with Crippen LogP contribution in [0.1, 0.15) is 70.7 Å². The highest BCUT2D eigenvalue weighted by molar-refractivity contribution is 5.92. The molecule has 3 amide bonds. The number of ether oxygens (including phenoxy) is 1. The predicted molar refractivity (Wildman–Crippen MR) is 144 cm³/mol. The molecule has 0 aliphatic heterocycles. The third-order valence-electron chi connectivity index (χ3n) is 5.75. The number of hydrogen-bond donors (Lipinski definition) is 3. The molecule has 2 rings (SSSR count). The highest BCUT2D eigenvalue weighted by Gasteiger charge is 2.37. The van der Waals surface area contributed by atoms with Crippen molar-refractivity contribution in [3.05, 3.63) is 65.2 Å². The zero-order valence-corrected chi connectivity index (χ0v) is 23.0. The molecule has 8 heteroatoms. The molecule has 2 aromatic carbocycles. The molecule has 202 valence electrons. The number of likely N-dealkylation sites (N-methyl/N-ethyl adjacent to an activating group) is 1. The first-order chi connectivity index (χ1) is 17.3. The molecule has 0 aromatic heterocycles. The molecule has 37 heavy (non-hydrogen) atoms. The molecule has 0 saturated carbocycles. The minimum atomic E-state index is -1.10. The Labute approximate surface area is 220 Å². The van der Waals surface area contributed by atoms with E-state index in [4.69, 9.17) is 4.74 Å². The van der Waals surface area contributed by atoms with Crippen LogP contribution in [0.25, 0.3) is 0 Å². The SMILES string of the molecule is CCN(C(=O)C(CC(C)C)NC(=O)OC(C)(C)C)C(C(=O)NCc1ccccc1)c1cccc(C)c1O. The zero-order chi connectivity index (χ0) is 27.8. The summed E-state index contributed by atoms with van der Waals surface area (Å²) in [5, 5.41) is 16.5. The maximum atomic E-state index is 13.9. The van der Waals surface area contributed by atoms with E-state index in [1.807, 2.05) is 44.2 Å². The van der Waals surface area contributed by atoms with Crippen LogP contribution in [0.15, 0.2) is 48.5 Å². The molecule has 0 heterocycles. The van der Waals surface area contributed by atoms with Gasteiger partial charge in [0.25, 0.3) is 0 Å². The largest absolute Gasteiger partial charge is 0.507 e. The number of nitrogens with zero attached hydrogens (tertiary/aromatic N) is 1. The maximum Gasteiger partial charge on any atom is 0.408 e. The number of aryl methyl sites for hydroxylation is 1. The highest BCUT2D eigenvalue weighted by Crippen LogP contribution is 2.32. The number of alkyl carbamates (subject to hydrolysis) is 1. The van der Waals surface area contributed by atoms with Crippen LogP contribution in [0.3, 0.4) is 0 Å². The average molecular weight is 512 g/mol. The third kappa shape index (κ3) is 8.81. The summed E-state index contributed by atoms with van der Waals surface area (Å²) in [6.45, 7) is 13.1. The normalized spacial score (nSPS) is 13.0. The number of benzene rings is 2. The van der Waals surface area contributed by atoms with Crippen LogP contribution >= 0.6 is 0 Å². The molecule has 2 atom stereocenters. The fourth-order valence-electron chi connectivity index (χ4n) is 4.04. The summed E-state index contributed by atoms with van der Waals surface area (Å²) in [5.41, 5.74) is 1.09. The molecule has 2 aromatic rings. The van der Waals surface area contributed by atoms with E-state index >= 15 is 0 Å². The van der Waals surface area contributed by atoms with Crippen molar-refractivity contribution in [3.8, 4) is 5.75 Å². The number of carbonyl (C=O) groups excluding carboxylic acids is 3. The number of rotatable bonds is 10. The van der Waals surface area contributed by atoms with Crippen molar-refractivity contribution in [1.29, 1.82) is 0 Å². The van der Waals surface area contributed by atoms with Gasteiger partial charge in [-0.05, 0) is 58.1 Å². The molecular formula is C29H41N3O5. The highest BCUT2D eigenvalue weighted by atomic mass is 16.6. The second-order valence-electron chi connectivity index (χ2n) is 10.6. The Kier molecular flexibility index (Phi) is 10.5. The average Bonchev–Trinajstić information content (AvgIpc) is 2.81. The quantitative estimate of drug-likeness (QED) is 0.423. The Morgan fingerprint density at radius 2 is 1.68 bits per heavy atom. The first-order valence-electron chi connectivity index (χ1n) is 12.7. The number of carbonyl (C=O) groups is 3. The first-order valence-corrected chi connectivity index (χ1v) is 12.7. The minimum absolute atomic E-state index is 0.0471. The molecule has 3 N–H and O–H groups in total. The van der Waals surface area contributed by atoms with Gasteiger partial charge in [0.05, 0.1) is 0 Å². The van der Waals surface area contributed by atoms with E-state index in [0.717, 1.165) is 5.56 Å². The van der Waals surface area contributed by atoms with Gasteiger partial charge in [-0.2, -0.15) is 0 Å². The van der Waals surface area contributed by atoms with E-state index in [2.05, 4.69) is 10.6 Å². The number of hydrogen-bond acceptors (Lipinski definition) is 5. The lowest BCUT2D eigenvalue weighted by Crippen LogP contribution is -2.53. The van der Waals surface area contributed by atoms with Gasteiger partial charge >= 0.3 is 6.09 Å². The summed E-state index contributed by atoms with van der Waals surface area (Å²) in [5.74, 6) is -0.821. The summed E-state index contributed by atoms with van der Waals surface area (Å²) >= 11 is 0. The van der Waals surface area contributed by atoms with E-state index in [1.54, 1.807) is 52.8 Å². The summed E-state index contributed by atoms with van der Waals surface area (Å²) in [4.78, 5) is 41.5. The summed E-state index contributed by atoms with van der Waals surface area (Å²) in [7, 11) is 0. The van der Waals surface area contributed by atoms with E-state index in [-0.39, 0.29) is 24.8 Å². The number of nitrogens with one attached hydrogen (secondary N) is 2. The van der Waals surface area contributed by atoms with Crippen molar-refractivity contribution < 1.29 is 24.2 Å². The van der Waals surface area contributed by atoms with Crippen molar-refractivity contribution in [2.45, 2.75) is 79.1 Å². The number of phenolic OH excluding ortho intramolecular Hbond substituents is 1. The standard InChI is InChI=1S/C29H41N3O5/c1-8-32(27(35)23(17-19(2)3)31-28(36)37-29(5,6)7)24(22-16-12-13-20(4)25(22)33)26(34)30-18-21-14-10-9-11-15-21/h9-16,19,23-24,33H,8,17-18H2,1-7H3,(H,30,34)(H,31,36). The second kappa shape index (κ2) is 13.1. The molecule has 2 unspecified atom stereocenters. The van der Waals surface area contributed by atoms with Gasteiger partial charge in [0.2, 0.25) is 11.8 Å². The maximum absolute atomic E-state index is 13.9. The van der Waals surface area contributed by atoms with Gasteiger partial charge in [-0.25, -0.2) is 4.79 Å². The van der Waals surface area contributed by atoms with Crippen LogP contribution in [0, 0.1) is 12.8 Å². The molecule has 8 nitrogen and oxygen atoms in total. The van der Waals surface area contributed by atoms with Gasteiger partial charge < -0.3 is 25.4 Å². The van der Waals surface area contributed by atoms with E-state index < -0.39 is 35.6 Å². The summed E-state index contributed by atoms with van der Waals surface area (Å²) in [6, 6.07) is 12.6. The van der Waals surface area contributed by atoms with E-state index in [1.165, 1.54) is 4.90 Å². The van der Waals surface area contributed by atoms with Crippen LogP contribution < -0.4 is 10.6 Å². The van der Waals surface area contributed by atoms with Crippen molar-refractivity contribution in [3.63, 3.8) is 0 Å². The number of amides is 3. The molecule has 0 aliphatic rings. The van der Waals surface area contributed by atoms with E-state index in [0.29, 0.717) is 17.5 Å². The van der Waals surface area contributed by atoms with Crippen LogP contribution in [-0.4, -0.2) is 46.1 Å². The van der Waals surface area contributed by atoms with Gasteiger partial charge in [-0.15, -0.1) is 0 Å². The van der Waals surface area contributed by atoms with Gasteiger partial charge in [0.1, 0.15) is 23.4 Å². The monoisotopic (exact) mass is 511 g/mol. The fourth-order valence-corrected chi connectivity index (χ4v) is 4.04. The lowest BCUT2D eigenvalue weighted by molar-refractivity contribution is -0.142. The lowest BCUT2D eigenvalue weighted by atomic mass is 9.97. The van der Waals surface area contributed by atoms with Gasteiger partial charge in [0.15, 0.2) is 0 Å². The smallest absolute Gasteiger partial charge is 0.408 e. The Morgan fingerprint density at radius 3 is 2.24 bits per heavy atom. The lowest BCUT2D eigenvalue weighted by Gasteiger charge is -2.34. The Bertz CT molecular complexity index is 1060. The molecule has 0 fully saturated rings. The Balaban J connectivity index is 2.43. The number of phenols is 1. The van der Waals surface area contributed by atoms with Crippen molar-refractivity contribution in [2.75, 3.05) is 6.54 Å². The van der Waals surface area contributed by atoms with Crippen molar-refractivity contribution in [1.82, 2.24) is 15.5 Å². The molecular weight excluding hydrogens is 470 g/mol. The zero-order valence-electron chi connectivity index (χ0n) is 23.0. The third-order valence-corrected chi connectivity index (χ3v) is 5.75. The van der Waals surface area contributed by atoms with Gasteiger partial charge in [0, 0.05) is 18.7 Å². The van der Waals surface area contributed by atoms with Gasteiger partial charge in [-0.1, -0.05) is 62.4 Å². The minimum Gasteiger partial charge on any atom is -0.507 e. The van der Waals surface area contributed by atoms with Crippen LogP contribution in [-0.2, 0) is 20.9 Å². The number of para-hydroxylation sites is 1. The van der Waals surface area contributed by atoms with Crippen LogP contribution in [0.4, 0.5) is 4.79 Å². The first kappa shape index (κ1) is 29.7.